The maximum Gasteiger partial charge on any atom is 0.227 e. The molecule has 31 heavy (non-hydrogen) atoms. The van der Waals surface area contributed by atoms with Crippen molar-refractivity contribution >= 4 is 44.9 Å². The minimum atomic E-state index is -0.00973. The molecule has 0 bridgehead atoms. The van der Waals surface area contributed by atoms with Crippen LogP contribution in [-0.4, -0.2) is 36.0 Å². The molecular weight excluding hydrogens is 410 g/mol. The van der Waals surface area contributed by atoms with Gasteiger partial charge < -0.3 is 14.5 Å². The molecule has 0 saturated carbocycles. The molecule has 160 valence electrons. The molecule has 3 heterocycles. The molecule has 0 unspecified atom stereocenters. The molecule has 1 amide bonds. The highest BCUT2D eigenvalue weighted by Crippen LogP contribution is 2.36. The smallest absolute Gasteiger partial charge is 0.227 e. The van der Waals surface area contributed by atoms with E-state index in [1.54, 1.807) is 18.4 Å². The Bertz CT molecular complexity index is 1240. The number of thiazole rings is 1. The van der Waals surface area contributed by atoms with Crippen LogP contribution >= 0.6 is 11.3 Å². The number of fused-ring (bicyclic) bond motifs is 3. The van der Waals surface area contributed by atoms with Crippen LogP contribution < -0.4 is 10.1 Å². The number of aryl methyl sites for hydroxylation is 1. The number of rotatable bonds is 5. The zero-order valence-electron chi connectivity index (χ0n) is 17.7. The largest absolute Gasteiger partial charge is 0.495 e. The molecule has 5 rings (SSSR count). The topological polar surface area (TPSA) is 67.6 Å². The Balaban J connectivity index is 1.28. The summed E-state index contributed by atoms with van der Waals surface area (Å²) in [5.41, 5.74) is 3.34. The van der Waals surface area contributed by atoms with Gasteiger partial charge in [0.05, 0.1) is 23.5 Å². The minimum absolute atomic E-state index is 0.00973. The summed E-state index contributed by atoms with van der Waals surface area (Å²) in [6.07, 6.45) is 1.67. The first-order chi connectivity index (χ1) is 15.1. The van der Waals surface area contributed by atoms with Crippen LogP contribution in [0.15, 0.2) is 46.2 Å². The van der Waals surface area contributed by atoms with Crippen molar-refractivity contribution in [1.29, 1.82) is 0 Å². The molecule has 7 heteroatoms. The summed E-state index contributed by atoms with van der Waals surface area (Å²) in [6, 6.07) is 11.7. The number of carbonyl (C=O) groups excluding carboxylic acids is 1. The van der Waals surface area contributed by atoms with E-state index in [1.807, 2.05) is 43.3 Å². The van der Waals surface area contributed by atoms with Crippen molar-refractivity contribution in [2.45, 2.75) is 26.3 Å². The van der Waals surface area contributed by atoms with Gasteiger partial charge in [0.25, 0.3) is 0 Å². The SMILES string of the molecule is COc1cc2c(cc1NC(=O)C1CCN(Cc3csc(C)n3)CC1)oc1ccccc12. The van der Waals surface area contributed by atoms with E-state index >= 15 is 0 Å². The number of aromatic nitrogens is 1. The summed E-state index contributed by atoms with van der Waals surface area (Å²) < 4.78 is 11.5. The zero-order valence-corrected chi connectivity index (χ0v) is 18.5. The highest BCUT2D eigenvalue weighted by Gasteiger charge is 2.26. The van der Waals surface area contributed by atoms with E-state index in [0.717, 1.165) is 65.1 Å². The fourth-order valence-corrected chi connectivity index (χ4v) is 4.92. The van der Waals surface area contributed by atoms with E-state index in [1.165, 1.54) is 0 Å². The van der Waals surface area contributed by atoms with Gasteiger partial charge in [-0.3, -0.25) is 9.69 Å². The third-order valence-electron chi connectivity index (χ3n) is 5.97. The lowest BCUT2D eigenvalue weighted by atomic mass is 9.95. The maximum atomic E-state index is 13.0. The van der Waals surface area contributed by atoms with E-state index in [0.29, 0.717) is 11.4 Å². The van der Waals surface area contributed by atoms with Crippen molar-refractivity contribution in [3.63, 3.8) is 0 Å². The molecule has 0 atom stereocenters. The molecule has 0 aliphatic carbocycles. The third-order valence-corrected chi connectivity index (χ3v) is 6.79. The Morgan fingerprint density at radius 2 is 2.03 bits per heavy atom. The number of nitrogens with one attached hydrogen (secondary N) is 1. The van der Waals surface area contributed by atoms with Crippen LogP contribution in [0.4, 0.5) is 5.69 Å². The predicted molar refractivity (Wildman–Crippen MR) is 124 cm³/mol. The molecule has 1 fully saturated rings. The molecule has 1 aliphatic rings. The van der Waals surface area contributed by atoms with Gasteiger partial charge in [-0.05, 0) is 45.0 Å². The van der Waals surface area contributed by atoms with Crippen molar-refractivity contribution in [3.8, 4) is 5.75 Å². The molecule has 1 N–H and O–H groups in total. The summed E-state index contributed by atoms with van der Waals surface area (Å²) in [5, 5.41) is 8.32. The Labute approximate surface area is 184 Å². The second-order valence-electron chi connectivity index (χ2n) is 8.04. The molecule has 1 aliphatic heterocycles. The van der Waals surface area contributed by atoms with Crippen LogP contribution in [0.3, 0.4) is 0 Å². The van der Waals surface area contributed by atoms with Crippen LogP contribution in [-0.2, 0) is 11.3 Å². The second-order valence-corrected chi connectivity index (χ2v) is 9.11. The van der Waals surface area contributed by atoms with Gasteiger partial charge in [-0.15, -0.1) is 11.3 Å². The lowest BCUT2D eigenvalue weighted by Gasteiger charge is -2.30. The van der Waals surface area contributed by atoms with Gasteiger partial charge in [0.15, 0.2) is 0 Å². The fourth-order valence-electron chi connectivity index (χ4n) is 4.32. The highest BCUT2D eigenvalue weighted by molar-refractivity contribution is 7.09. The van der Waals surface area contributed by atoms with Gasteiger partial charge in [-0.2, -0.15) is 0 Å². The Morgan fingerprint density at radius 1 is 1.23 bits per heavy atom. The van der Waals surface area contributed by atoms with Crippen LogP contribution in [0.25, 0.3) is 21.9 Å². The monoisotopic (exact) mass is 435 g/mol. The van der Waals surface area contributed by atoms with Gasteiger partial charge in [-0.1, -0.05) is 18.2 Å². The number of likely N-dealkylation sites (tertiary alicyclic amines) is 1. The molecule has 6 nitrogen and oxygen atoms in total. The first-order valence-electron chi connectivity index (χ1n) is 10.5. The average molecular weight is 436 g/mol. The average Bonchev–Trinajstić information content (AvgIpc) is 3.35. The fraction of sp³-hybridized carbons (Fsp3) is 0.333. The van der Waals surface area contributed by atoms with Gasteiger partial charge in [-0.25, -0.2) is 4.98 Å². The maximum absolute atomic E-state index is 13.0. The van der Waals surface area contributed by atoms with Gasteiger partial charge in [0.1, 0.15) is 16.9 Å². The molecule has 4 aromatic rings. The number of amides is 1. The van der Waals surface area contributed by atoms with Gasteiger partial charge >= 0.3 is 0 Å². The summed E-state index contributed by atoms with van der Waals surface area (Å²) >= 11 is 1.68. The first-order valence-corrected chi connectivity index (χ1v) is 11.4. The van der Waals surface area contributed by atoms with Gasteiger partial charge in [0, 0.05) is 34.7 Å². The Kier molecular flexibility index (Phi) is 5.38. The number of hydrogen-bond donors (Lipinski definition) is 1. The number of piperidine rings is 1. The number of hydrogen-bond acceptors (Lipinski definition) is 6. The van der Waals surface area contributed by atoms with E-state index in [9.17, 15) is 4.79 Å². The Hall–Kier alpha value is -2.90. The first kappa shape index (κ1) is 20.0. The van der Waals surface area contributed by atoms with Crippen LogP contribution in [0.2, 0.25) is 0 Å². The third kappa shape index (κ3) is 4.03. The molecule has 0 radical (unpaired) electrons. The summed E-state index contributed by atoms with van der Waals surface area (Å²) in [5.74, 6) is 0.672. The number of benzene rings is 2. The van der Waals surface area contributed by atoms with Crippen molar-refractivity contribution in [1.82, 2.24) is 9.88 Å². The highest BCUT2D eigenvalue weighted by atomic mass is 32.1. The van der Waals surface area contributed by atoms with E-state index in [2.05, 4.69) is 20.6 Å². The van der Waals surface area contributed by atoms with E-state index in [-0.39, 0.29) is 11.8 Å². The molecule has 2 aromatic heterocycles. The quantitative estimate of drug-likeness (QED) is 0.466. The number of nitrogens with zero attached hydrogens (tertiary/aromatic N) is 2. The molecule has 1 saturated heterocycles. The number of ether oxygens (including phenoxy) is 1. The predicted octanol–water partition coefficient (Wildman–Crippen LogP) is 5.21. The summed E-state index contributed by atoms with van der Waals surface area (Å²) in [6.45, 7) is 4.68. The normalized spacial score (nSPS) is 15.5. The minimum Gasteiger partial charge on any atom is -0.495 e. The number of carbonyl (C=O) groups is 1. The zero-order chi connectivity index (χ0) is 21.4. The number of para-hydroxylation sites is 1. The number of methoxy groups -OCH3 is 1. The lowest BCUT2D eigenvalue weighted by molar-refractivity contribution is -0.121. The molecular formula is C24H25N3O3S. The van der Waals surface area contributed by atoms with Crippen molar-refractivity contribution in [3.05, 3.63) is 52.5 Å². The van der Waals surface area contributed by atoms with Gasteiger partial charge in [0.2, 0.25) is 5.91 Å². The van der Waals surface area contributed by atoms with E-state index in [4.69, 9.17) is 9.15 Å². The van der Waals surface area contributed by atoms with Crippen molar-refractivity contribution in [2.24, 2.45) is 5.92 Å². The summed E-state index contributed by atoms with van der Waals surface area (Å²) in [4.78, 5) is 19.9. The standard InChI is InChI=1S/C24H25N3O3S/c1-15-25-17(14-31-15)13-27-9-7-16(8-10-27)24(28)26-20-12-22-19(11-23(20)29-2)18-5-3-4-6-21(18)30-22/h3-6,11-12,14,16H,7-10,13H2,1-2H3,(H,26,28). The van der Waals surface area contributed by atoms with E-state index < -0.39 is 0 Å². The second kappa shape index (κ2) is 8.32. The van der Waals surface area contributed by atoms with Crippen LogP contribution in [0.1, 0.15) is 23.5 Å². The van der Waals surface area contributed by atoms with Crippen molar-refractivity contribution in [2.75, 3.05) is 25.5 Å². The van der Waals surface area contributed by atoms with Crippen LogP contribution in [0.5, 0.6) is 5.75 Å². The lowest BCUT2D eigenvalue weighted by Crippen LogP contribution is -2.37. The van der Waals surface area contributed by atoms with Crippen molar-refractivity contribution < 1.29 is 13.9 Å². The molecule has 0 spiro atoms. The Morgan fingerprint density at radius 3 is 2.77 bits per heavy atom. The summed E-state index contributed by atoms with van der Waals surface area (Å²) in [7, 11) is 1.62. The van der Waals surface area contributed by atoms with Crippen LogP contribution in [0, 0.1) is 12.8 Å². The number of furan rings is 1. The molecule has 2 aromatic carbocycles. The number of anilines is 1.